The molecule has 0 unspecified atom stereocenters. The maximum Gasteiger partial charge on any atom is 0.167 e. The van der Waals surface area contributed by atoms with Gasteiger partial charge in [0.1, 0.15) is 17.3 Å². The van der Waals surface area contributed by atoms with E-state index in [0.717, 1.165) is 47.1 Å². The van der Waals surface area contributed by atoms with E-state index < -0.39 is 0 Å². The Labute approximate surface area is 147 Å². The third-order valence-corrected chi connectivity index (χ3v) is 4.09. The van der Waals surface area contributed by atoms with E-state index in [0.29, 0.717) is 5.82 Å². The molecule has 0 aliphatic carbocycles. The number of nitrogens with zero attached hydrogens (tertiary/aromatic N) is 3. The van der Waals surface area contributed by atoms with Crippen LogP contribution in [0.25, 0.3) is 11.4 Å². The maximum absolute atomic E-state index is 5.22. The van der Waals surface area contributed by atoms with Gasteiger partial charge in [0.15, 0.2) is 5.82 Å². The van der Waals surface area contributed by atoms with Gasteiger partial charge in [-0.25, -0.2) is 9.97 Å². The van der Waals surface area contributed by atoms with Gasteiger partial charge in [0.2, 0.25) is 0 Å². The summed E-state index contributed by atoms with van der Waals surface area (Å²) in [4.78, 5) is 9.08. The van der Waals surface area contributed by atoms with Gasteiger partial charge in [-0.15, -0.1) is 0 Å². The van der Waals surface area contributed by atoms with Crippen LogP contribution in [-0.4, -0.2) is 28.8 Å². The first-order valence-electron chi connectivity index (χ1n) is 8.22. The van der Waals surface area contributed by atoms with Crippen molar-refractivity contribution in [2.75, 3.05) is 19.0 Å². The zero-order valence-corrected chi connectivity index (χ0v) is 15.0. The Bertz CT molecular complexity index is 837. The Hall–Kier alpha value is -2.89. The van der Waals surface area contributed by atoms with Crippen LogP contribution in [0.1, 0.15) is 22.6 Å². The number of ether oxygens (including phenoxy) is 1. The molecule has 6 heteroatoms. The van der Waals surface area contributed by atoms with Crippen LogP contribution in [0.3, 0.4) is 0 Å². The minimum absolute atomic E-state index is 0.633. The highest BCUT2D eigenvalue weighted by atomic mass is 16.5. The highest BCUT2D eigenvalue weighted by molar-refractivity contribution is 5.62. The predicted octanol–water partition coefficient (Wildman–Crippen LogP) is 3.72. The quantitative estimate of drug-likeness (QED) is 0.738. The highest BCUT2D eigenvalue weighted by Crippen LogP contribution is 2.25. The van der Waals surface area contributed by atoms with E-state index in [-0.39, 0.29) is 0 Å². The molecule has 0 aliphatic heterocycles. The lowest BCUT2D eigenvalue weighted by Gasteiger charge is -2.10. The number of anilines is 1. The Morgan fingerprint density at radius 1 is 1.12 bits per heavy atom. The van der Waals surface area contributed by atoms with Crippen LogP contribution in [-0.2, 0) is 6.42 Å². The average molecular weight is 338 g/mol. The number of benzene rings is 1. The Morgan fingerprint density at radius 3 is 2.52 bits per heavy atom. The number of rotatable bonds is 6. The SMILES string of the molecule is COc1ccc(CCNc2nc(-c3c(C)noc3C)ncc2C)cc1. The first kappa shape index (κ1) is 17.0. The van der Waals surface area contributed by atoms with Gasteiger partial charge in [0, 0.05) is 18.3 Å². The number of methoxy groups -OCH3 is 1. The maximum atomic E-state index is 5.22. The van der Waals surface area contributed by atoms with E-state index in [1.165, 1.54) is 5.56 Å². The van der Waals surface area contributed by atoms with Gasteiger partial charge in [-0.3, -0.25) is 0 Å². The van der Waals surface area contributed by atoms with Gasteiger partial charge in [-0.1, -0.05) is 17.3 Å². The zero-order chi connectivity index (χ0) is 17.8. The molecule has 130 valence electrons. The van der Waals surface area contributed by atoms with Crippen LogP contribution in [0, 0.1) is 20.8 Å². The average Bonchev–Trinajstić information content (AvgIpc) is 2.96. The van der Waals surface area contributed by atoms with E-state index in [1.807, 2.05) is 39.1 Å². The summed E-state index contributed by atoms with van der Waals surface area (Å²) in [5, 5.41) is 7.37. The lowest BCUT2D eigenvalue weighted by molar-refractivity contribution is 0.393. The monoisotopic (exact) mass is 338 g/mol. The van der Waals surface area contributed by atoms with Gasteiger partial charge < -0.3 is 14.6 Å². The van der Waals surface area contributed by atoms with E-state index in [4.69, 9.17) is 9.26 Å². The summed E-state index contributed by atoms with van der Waals surface area (Å²) in [5.74, 6) is 3.06. The van der Waals surface area contributed by atoms with Gasteiger partial charge >= 0.3 is 0 Å². The summed E-state index contributed by atoms with van der Waals surface area (Å²) in [6.45, 7) is 6.54. The van der Waals surface area contributed by atoms with Crippen LogP contribution < -0.4 is 10.1 Å². The fourth-order valence-electron chi connectivity index (χ4n) is 2.66. The lowest BCUT2D eigenvalue weighted by atomic mass is 10.1. The molecule has 0 atom stereocenters. The lowest BCUT2D eigenvalue weighted by Crippen LogP contribution is -2.09. The predicted molar refractivity (Wildman–Crippen MR) is 96.9 cm³/mol. The van der Waals surface area contributed by atoms with Crippen molar-refractivity contribution in [3.63, 3.8) is 0 Å². The molecule has 0 bridgehead atoms. The molecule has 3 rings (SSSR count). The van der Waals surface area contributed by atoms with E-state index in [2.05, 4.69) is 32.6 Å². The summed E-state index contributed by atoms with van der Waals surface area (Å²) in [6.07, 6.45) is 2.72. The number of nitrogens with one attached hydrogen (secondary N) is 1. The van der Waals surface area contributed by atoms with E-state index >= 15 is 0 Å². The Kier molecular flexibility index (Phi) is 4.97. The van der Waals surface area contributed by atoms with Crippen molar-refractivity contribution in [1.82, 2.24) is 15.1 Å². The largest absolute Gasteiger partial charge is 0.497 e. The van der Waals surface area contributed by atoms with Crippen molar-refractivity contribution in [1.29, 1.82) is 0 Å². The summed E-state index contributed by atoms with van der Waals surface area (Å²) < 4.78 is 10.4. The first-order valence-corrected chi connectivity index (χ1v) is 8.22. The third kappa shape index (κ3) is 3.79. The van der Waals surface area contributed by atoms with Crippen molar-refractivity contribution < 1.29 is 9.26 Å². The molecule has 1 N–H and O–H groups in total. The topological polar surface area (TPSA) is 73.1 Å². The highest BCUT2D eigenvalue weighted by Gasteiger charge is 2.15. The third-order valence-electron chi connectivity index (χ3n) is 4.09. The van der Waals surface area contributed by atoms with E-state index in [9.17, 15) is 0 Å². The molecule has 0 saturated heterocycles. The first-order chi connectivity index (χ1) is 12.1. The molecule has 3 aromatic rings. The van der Waals surface area contributed by atoms with Gasteiger partial charge in [-0.05, 0) is 44.9 Å². The van der Waals surface area contributed by atoms with Crippen LogP contribution >= 0.6 is 0 Å². The molecule has 0 radical (unpaired) electrons. The fourth-order valence-corrected chi connectivity index (χ4v) is 2.66. The summed E-state index contributed by atoms with van der Waals surface area (Å²) in [5.41, 5.74) is 3.90. The Morgan fingerprint density at radius 2 is 1.88 bits per heavy atom. The molecule has 25 heavy (non-hydrogen) atoms. The molecule has 0 fully saturated rings. The minimum Gasteiger partial charge on any atom is -0.497 e. The van der Waals surface area contributed by atoms with Crippen LogP contribution in [0.5, 0.6) is 5.75 Å². The molecule has 2 aromatic heterocycles. The van der Waals surface area contributed by atoms with Crippen LogP contribution in [0.15, 0.2) is 35.0 Å². The van der Waals surface area contributed by atoms with Crippen molar-refractivity contribution in [3.8, 4) is 17.1 Å². The van der Waals surface area contributed by atoms with Crippen molar-refractivity contribution in [3.05, 3.63) is 53.0 Å². The molecule has 1 aromatic carbocycles. The van der Waals surface area contributed by atoms with Crippen LogP contribution in [0.4, 0.5) is 5.82 Å². The molecule has 0 saturated carbocycles. The number of aryl methyl sites for hydroxylation is 3. The number of aromatic nitrogens is 3. The van der Waals surface area contributed by atoms with Gasteiger partial charge in [-0.2, -0.15) is 0 Å². The van der Waals surface area contributed by atoms with Gasteiger partial charge in [0.25, 0.3) is 0 Å². The standard InChI is InChI=1S/C19H22N4O2/c1-12-11-21-19(17-13(2)23-25-14(17)3)22-18(12)20-10-9-15-5-7-16(24-4)8-6-15/h5-8,11H,9-10H2,1-4H3,(H,20,21,22). The number of hydrogen-bond donors (Lipinski definition) is 1. The van der Waals surface area contributed by atoms with Crippen LogP contribution in [0.2, 0.25) is 0 Å². The second kappa shape index (κ2) is 7.34. The minimum atomic E-state index is 0.633. The molecular formula is C19H22N4O2. The van der Waals surface area contributed by atoms with E-state index in [1.54, 1.807) is 7.11 Å². The zero-order valence-electron chi connectivity index (χ0n) is 15.0. The second-order valence-electron chi connectivity index (χ2n) is 5.95. The number of hydrogen-bond acceptors (Lipinski definition) is 6. The molecule has 0 spiro atoms. The summed E-state index contributed by atoms with van der Waals surface area (Å²) in [6, 6.07) is 8.09. The molecule has 0 amide bonds. The van der Waals surface area contributed by atoms with Crippen molar-refractivity contribution in [2.24, 2.45) is 0 Å². The van der Waals surface area contributed by atoms with Crippen molar-refractivity contribution in [2.45, 2.75) is 27.2 Å². The molecular weight excluding hydrogens is 316 g/mol. The Balaban J connectivity index is 1.70. The molecule has 2 heterocycles. The summed E-state index contributed by atoms with van der Waals surface area (Å²) in [7, 11) is 1.67. The van der Waals surface area contributed by atoms with Crippen molar-refractivity contribution >= 4 is 5.82 Å². The molecule has 6 nitrogen and oxygen atoms in total. The van der Waals surface area contributed by atoms with Gasteiger partial charge in [0.05, 0.1) is 18.4 Å². The second-order valence-corrected chi connectivity index (χ2v) is 5.95. The molecule has 0 aliphatic rings. The smallest absolute Gasteiger partial charge is 0.167 e. The normalized spacial score (nSPS) is 10.7. The summed E-state index contributed by atoms with van der Waals surface area (Å²) >= 11 is 0. The fraction of sp³-hybridized carbons (Fsp3) is 0.316.